The third-order valence-electron chi connectivity index (χ3n) is 3.28. The lowest BCUT2D eigenvalue weighted by Gasteiger charge is -2.13. The highest BCUT2D eigenvalue weighted by molar-refractivity contribution is 5.64. The number of hydrogen-bond acceptors (Lipinski definition) is 5. The summed E-state index contributed by atoms with van der Waals surface area (Å²) in [5.74, 6) is 1.25. The van der Waals surface area contributed by atoms with Crippen molar-refractivity contribution in [3.05, 3.63) is 35.5 Å². The molecule has 106 valence electrons. The van der Waals surface area contributed by atoms with Crippen LogP contribution in [0.15, 0.2) is 24.4 Å². The number of nitrogens with one attached hydrogen (secondary N) is 2. The maximum absolute atomic E-state index is 4.44. The zero-order valence-electron chi connectivity index (χ0n) is 12.4. The van der Waals surface area contributed by atoms with Gasteiger partial charge in [0.15, 0.2) is 5.82 Å². The molecular formula is C15H21N5. The highest BCUT2D eigenvalue weighted by atomic mass is 15.3. The molecule has 1 atom stereocenters. The third kappa shape index (κ3) is 3.44. The summed E-state index contributed by atoms with van der Waals surface area (Å²) in [7, 11) is 0. The minimum absolute atomic E-state index is 0.326. The molecule has 1 aromatic carbocycles. The third-order valence-corrected chi connectivity index (χ3v) is 3.28. The fourth-order valence-electron chi connectivity index (χ4n) is 1.89. The standard InChI is InChI=1S/C15H21N5/c1-5-12(4)17-15-19-13(9-16-20-15)18-14-10(2)7-6-8-11(14)3/h6-9,12H,5H2,1-4H3,(H2,17,18,19,20). The van der Waals surface area contributed by atoms with E-state index in [1.54, 1.807) is 6.20 Å². The van der Waals surface area contributed by atoms with Gasteiger partial charge < -0.3 is 10.6 Å². The summed E-state index contributed by atoms with van der Waals surface area (Å²) in [4.78, 5) is 4.44. The molecule has 0 fully saturated rings. The highest BCUT2D eigenvalue weighted by Crippen LogP contribution is 2.23. The Kier molecular flexibility index (Phi) is 4.50. The van der Waals surface area contributed by atoms with Crippen molar-refractivity contribution in [2.24, 2.45) is 0 Å². The number of benzene rings is 1. The number of aryl methyl sites for hydroxylation is 2. The van der Waals surface area contributed by atoms with Crippen LogP contribution in [0.25, 0.3) is 0 Å². The summed E-state index contributed by atoms with van der Waals surface area (Å²) < 4.78 is 0. The smallest absolute Gasteiger partial charge is 0.244 e. The van der Waals surface area contributed by atoms with E-state index in [4.69, 9.17) is 0 Å². The second-order valence-electron chi connectivity index (χ2n) is 5.01. The number of anilines is 3. The monoisotopic (exact) mass is 271 g/mol. The fourth-order valence-corrected chi connectivity index (χ4v) is 1.89. The molecule has 2 rings (SSSR count). The van der Waals surface area contributed by atoms with Crippen molar-refractivity contribution in [2.75, 3.05) is 10.6 Å². The molecule has 20 heavy (non-hydrogen) atoms. The second-order valence-corrected chi connectivity index (χ2v) is 5.01. The predicted octanol–water partition coefficient (Wildman–Crippen LogP) is 3.44. The van der Waals surface area contributed by atoms with Crippen molar-refractivity contribution in [3.63, 3.8) is 0 Å². The van der Waals surface area contributed by atoms with Crippen molar-refractivity contribution >= 4 is 17.5 Å². The van der Waals surface area contributed by atoms with Gasteiger partial charge in [0.05, 0.1) is 6.20 Å². The van der Waals surface area contributed by atoms with Gasteiger partial charge in [-0.3, -0.25) is 0 Å². The van der Waals surface area contributed by atoms with Gasteiger partial charge in [-0.25, -0.2) is 0 Å². The van der Waals surface area contributed by atoms with E-state index in [-0.39, 0.29) is 0 Å². The van der Waals surface area contributed by atoms with Crippen LogP contribution in [-0.2, 0) is 0 Å². The Labute approximate surface area is 119 Å². The van der Waals surface area contributed by atoms with Gasteiger partial charge in [0.25, 0.3) is 0 Å². The van der Waals surface area contributed by atoms with E-state index in [1.807, 2.05) is 6.07 Å². The first-order valence-corrected chi connectivity index (χ1v) is 6.89. The van der Waals surface area contributed by atoms with E-state index < -0.39 is 0 Å². The molecule has 1 aromatic heterocycles. The Hall–Kier alpha value is -2.17. The van der Waals surface area contributed by atoms with Gasteiger partial charge in [-0.2, -0.15) is 10.1 Å². The maximum atomic E-state index is 4.44. The van der Waals surface area contributed by atoms with E-state index in [0.717, 1.165) is 12.1 Å². The molecule has 0 saturated carbocycles. The molecule has 0 spiro atoms. The van der Waals surface area contributed by atoms with E-state index in [2.05, 4.69) is 65.6 Å². The van der Waals surface area contributed by atoms with Gasteiger partial charge in [-0.15, -0.1) is 5.10 Å². The second kappa shape index (κ2) is 6.32. The van der Waals surface area contributed by atoms with Crippen molar-refractivity contribution in [2.45, 2.75) is 40.2 Å². The molecule has 2 aromatic rings. The molecule has 0 amide bonds. The van der Waals surface area contributed by atoms with Gasteiger partial charge in [0.1, 0.15) is 0 Å². The molecule has 0 radical (unpaired) electrons. The molecule has 0 saturated heterocycles. The molecule has 0 aliphatic heterocycles. The van der Waals surface area contributed by atoms with Crippen molar-refractivity contribution < 1.29 is 0 Å². The summed E-state index contributed by atoms with van der Waals surface area (Å²) in [6, 6.07) is 6.52. The number of nitrogens with zero attached hydrogens (tertiary/aromatic N) is 3. The number of rotatable bonds is 5. The lowest BCUT2D eigenvalue weighted by molar-refractivity contribution is 0.746. The summed E-state index contributed by atoms with van der Waals surface area (Å²) >= 11 is 0. The SMILES string of the molecule is CCC(C)Nc1nncc(Nc2c(C)cccc2C)n1. The van der Waals surface area contributed by atoms with E-state index in [0.29, 0.717) is 17.8 Å². The minimum Gasteiger partial charge on any atom is -0.350 e. The van der Waals surface area contributed by atoms with Crippen molar-refractivity contribution in [3.8, 4) is 0 Å². The Morgan fingerprint density at radius 2 is 1.90 bits per heavy atom. The number of aromatic nitrogens is 3. The molecular weight excluding hydrogens is 250 g/mol. The van der Waals surface area contributed by atoms with Crippen LogP contribution < -0.4 is 10.6 Å². The van der Waals surface area contributed by atoms with Gasteiger partial charge in [0.2, 0.25) is 5.95 Å². The van der Waals surface area contributed by atoms with Gasteiger partial charge in [0, 0.05) is 11.7 Å². The van der Waals surface area contributed by atoms with E-state index in [9.17, 15) is 0 Å². The fraction of sp³-hybridized carbons (Fsp3) is 0.400. The first-order chi connectivity index (χ1) is 9.60. The predicted molar refractivity (Wildman–Crippen MR) is 82.4 cm³/mol. The zero-order chi connectivity index (χ0) is 14.5. The Morgan fingerprint density at radius 3 is 2.55 bits per heavy atom. The van der Waals surface area contributed by atoms with Crippen LogP contribution >= 0.6 is 0 Å². The first kappa shape index (κ1) is 14.2. The summed E-state index contributed by atoms with van der Waals surface area (Å²) in [6.45, 7) is 8.35. The molecule has 1 unspecified atom stereocenters. The van der Waals surface area contributed by atoms with E-state index in [1.165, 1.54) is 11.1 Å². The van der Waals surface area contributed by atoms with Crippen LogP contribution in [-0.4, -0.2) is 21.2 Å². The Bertz CT molecular complexity index is 562. The van der Waals surface area contributed by atoms with Gasteiger partial charge >= 0.3 is 0 Å². The molecule has 1 heterocycles. The summed E-state index contributed by atoms with van der Waals surface area (Å²) in [5.41, 5.74) is 3.43. The van der Waals surface area contributed by atoms with Crippen molar-refractivity contribution in [1.82, 2.24) is 15.2 Å². The lowest BCUT2D eigenvalue weighted by Crippen LogP contribution is -2.16. The van der Waals surface area contributed by atoms with Crippen LogP contribution in [0, 0.1) is 13.8 Å². The maximum Gasteiger partial charge on any atom is 0.244 e. The van der Waals surface area contributed by atoms with Crippen molar-refractivity contribution in [1.29, 1.82) is 0 Å². The molecule has 2 N–H and O–H groups in total. The van der Waals surface area contributed by atoms with E-state index >= 15 is 0 Å². The molecule has 5 heteroatoms. The summed E-state index contributed by atoms with van der Waals surface area (Å²) in [6.07, 6.45) is 2.64. The Balaban J connectivity index is 2.20. The minimum atomic E-state index is 0.326. The molecule has 0 bridgehead atoms. The molecule has 0 aliphatic carbocycles. The average molecular weight is 271 g/mol. The molecule has 5 nitrogen and oxygen atoms in total. The van der Waals surface area contributed by atoms with Crippen LogP contribution in [0.2, 0.25) is 0 Å². The topological polar surface area (TPSA) is 62.7 Å². The van der Waals surface area contributed by atoms with Crippen LogP contribution in [0.5, 0.6) is 0 Å². The largest absolute Gasteiger partial charge is 0.350 e. The average Bonchev–Trinajstić information content (AvgIpc) is 2.43. The highest BCUT2D eigenvalue weighted by Gasteiger charge is 2.06. The first-order valence-electron chi connectivity index (χ1n) is 6.89. The Morgan fingerprint density at radius 1 is 1.20 bits per heavy atom. The molecule has 0 aliphatic rings. The van der Waals surface area contributed by atoms with Crippen LogP contribution in [0.4, 0.5) is 17.5 Å². The quantitative estimate of drug-likeness (QED) is 0.872. The normalized spacial score (nSPS) is 12.0. The summed E-state index contributed by atoms with van der Waals surface area (Å²) in [5, 5.41) is 14.5. The van der Waals surface area contributed by atoms with Crippen LogP contribution in [0.1, 0.15) is 31.4 Å². The number of para-hydroxylation sites is 1. The van der Waals surface area contributed by atoms with Crippen LogP contribution in [0.3, 0.4) is 0 Å². The van der Waals surface area contributed by atoms with Gasteiger partial charge in [-0.1, -0.05) is 25.1 Å². The number of hydrogen-bond donors (Lipinski definition) is 2. The zero-order valence-corrected chi connectivity index (χ0v) is 12.4. The lowest BCUT2D eigenvalue weighted by atomic mass is 10.1. The van der Waals surface area contributed by atoms with Gasteiger partial charge in [-0.05, 0) is 38.3 Å².